The number of benzene rings is 2. The molecule has 1 unspecified atom stereocenters. The fraction of sp³-hybridized carbons (Fsp3) is 0.333. The standard InChI is InChI=1S/C21H24N4O2/c26-21-19(18-3-1-2-4-20(18)24-21)15-23-17-7-5-16(6-8-17)22-9-10-25-11-13-27-14-12-25/h1-8,15,19,22H,9-14H2,(H,24,26). The van der Waals surface area contributed by atoms with Crippen LogP contribution < -0.4 is 10.6 Å². The van der Waals surface area contributed by atoms with Crippen molar-refractivity contribution in [2.24, 2.45) is 4.99 Å². The Balaban J connectivity index is 1.31. The van der Waals surface area contributed by atoms with Crippen molar-refractivity contribution in [3.05, 3.63) is 54.1 Å². The van der Waals surface area contributed by atoms with E-state index in [0.717, 1.165) is 62.0 Å². The van der Waals surface area contributed by atoms with Gasteiger partial charge in [0.2, 0.25) is 5.91 Å². The van der Waals surface area contributed by atoms with E-state index < -0.39 is 0 Å². The highest BCUT2D eigenvalue weighted by Gasteiger charge is 2.28. The lowest BCUT2D eigenvalue weighted by Gasteiger charge is -2.26. The van der Waals surface area contributed by atoms with Gasteiger partial charge in [0, 0.05) is 43.8 Å². The minimum atomic E-state index is -0.326. The number of fused-ring (bicyclic) bond motifs is 1. The maximum atomic E-state index is 12.1. The molecule has 2 aromatic carbocycles. The van der Waals surface area contributed by atoms with Gasteiger partial charge in [-0.2, -0.15) is 0 Å². The minimum Gasteiger partial charge on any atom is -0.384 e. The van der Waals surface area contributed by atoms with Gasteiger partial charge in [-0.25, -0.2) is 0 Å². The lowest BCUT2D eigenvalue weighted by molar-refractivity contribution is -0.115. The zero-order valence-corrected chi connectivity index (χ0v) is 15.2. The van der Waals surface area contributed by atoms with Gasteiger partial charge in [-0.05, 0) is 35.9 Å². The number of anilines is 2. The first-order valence-corrected chi connectivity index (χ1v) is 9.37. The van der Waals surface area contributed by atoms with Gasteiger partial charge < -0.3 is 15.4 Å². The molecule has 1 fully saturated rings. The molecule has 2 heterocycles. The molecule has 140 valence electrons. The van der Waals surface area contributed by atoms with E-state index in [2.05, 4.69) is 20.5 Å². The van der Waals surface area contributed by atoms with Gasteiger partial charge in [0.25, 0.3) is 0 Å². The first kappa shape index (κ1) is 17.7. The molecule has 6 nitrogen and oxygen atoms in total. The fourth-order valence-corrected chi connectivity index (χ4v) is 3.39. The molecule has 0 saturated carbocycles. The van der Waals surface area contributed by atoms with Gasteiger partial charge in [-0.15, -0.1) is 0 Å². The Morgan fingerprint density at radius 3 is 2.74 bits per heavy atom. The molecular weight excluding hydrogens is 340 g/mol. The molecule has 2 aliphatic heterocycles. The summed E-state index contributed by atoms with van der Waals surface area (Å²) >= 11 is 0. The van der Waals surface area contributed by atoms with Crippen LogP contribution in [0.2, 0.25) is 0 Å². The van der Waals surface area contributed by atoms with Crippen LogP contribution in [0.1, 0.15) is 11.5 Å². The summed E-state index contributed by atoms with van der Waals surface area (Å²) in [6.45, 7) is 5.59. The number of ether oxygens (including phenoxy) is 1. The van der Waals surface area contributed by atoms with Crippen LogP contribution in [0.3, 0.4) is 0 Å². The Kier molecular flexibility index (Phi) is 5.46. The lowest BCUT2D eigenvalue weighted by atomic mass is 10.0. The second kappa shape index (κ2) is 8.33. The van der Waals surface area contributed by atoms with Crippen LogP contribution in [-0.2, 0) is 9.53 Å². The highest BCUT2D eigenvalue weighted by molar-refractivity contribution is 6.12. The van der Waals surface area contributed by atoms with E-state index in [1.54, 1.807) is 6.21 Å². The summed E-state index contributed by atoms with van der Waals surface area (Å²) in [7, 11) is 0. The van der Waals surface area contributed by atoms with Crippen molar-refractivity contribution in [2.75, 3.05) is 50.0 Å². The van der Waals surface area contributed by atoms with Crippen molar-refractivity contribution >= 4 is 29.2 Å². The number of carbonyl (C=O) groups is 1. The molecule has 27 heavy (non-hydrogen) atoms. The number of nitrogens with zero attached hydrogens (tertiary/aromatic N) is 2. The summed E-state index contributed by atoms with van der Waals surface area (Å²) < 4.78 is 5.36. The maximum Gasteiger partial charge on any atom is 0.237 e. The van der Waals surface area contributed by atoms with Gasteiger partial charge >= 0.3 is 0 Å². The Morgan fingerprint density at radius 1 is 1.15 bits per heavy atom. The number of hydrogen-bond acceptors (Lipinski definition) is 5. The molecule has 0 aliphatic carbocycles. The lowest BCUT2D eigenvalue weighted by Crippen LogP contribution is -2.38. The number of nitrogens with one attached hydrogen (secondary N) is 2. The maximum absolute atomic E-state index is 12.1. The monoisotopic (exact) mass is 364 g/mol. The van der Waals surface area contributed by atoms with E-state index >= 15 is 0 Å². The SMILES string of the molecule is O=C1Nc2ccccc2C1C=Nc1ccc(NCCN2CCOCC2)cc1. The third-order valence-electron chi connectivity index (χ3n) is 4.94. The predicted molar refractivity (Wildman–Crippen MR) is 108 cm³/mol. The zero-order chi connectivity index (χ0) is 18.5. The summed E-state index contributed by atoms with van der Waals surface area (Å²) in [5.74, 6) is -0.353. The molecule has 0 bridgehead atoms. The van der Waals surface area contributed by atoms with Crippen LogP contribution in [0, 0.1) is 0 Å². The van der Waals surface area contributed by atoms with E-state index in [-0.39, 0.29) is 11.8 Å². The Morgan fingerprint density at radius 2 is 1.93 bits per heavy atom. The van der Waals surface area contributed by atoms with Crippen LogP contribution >= 0.6 is 0 Å². The van der Waals surface area contributed by atoms with Gasteiger partial charge in [0.15, 0.2) is 0 Å². The van der Waals surface area contributed by atoms with Crippen molar-refractivity contribution in [3.8, 4) is 0 Å². The number of para-hydroxylation sites is 1. The molecule has 1 amide bonds. The summed E-state index contributed by atoms with van der Waals surface area (Å²) in [6.07, 6.45) is 1.72. The molecule has 0 spiro atoms. The number of rotatable bonds is 6. The van der Waals surface area contributed by atoms with Crippen molar-refractivity contribution in [2.45, 2.75) is 5.92 Å². The summed E-state index contributed by atoms with van der Waals surface area (Å²) in [4.78, 5) is 19.0. The van der Waals surface area contributed by atoms with Crippen molar-refractivity contribution in [3.63, 3.8) is 0 Å². The average Bonchev–Trinajstić information content (AvgIpc) is 3.03. The Labute approximate surface area is 159 Å². The molecule has 6 heteroatoms. The number of carbonyl (C=O) groups excluding carboxylic acids is 1. The second-order valence-corrected chi connectivity index (χ2v) is 6.76. The number of aliphatic imine (C=N–C) groups is 1. The first-order valence-electron chi connectivity index (χ1n) is 9.37. The van der Waals surface area contributed by atoms with E-state index in [1.807, 2.05) is 48.5 Å². The van der Waals surface area contributed by atoms with E-state index in [9.17, 15) is 4.79 Å². The van der Waals surface area contributed by atoms with Crippen molar-refractivity contribution in [1.29, 1.82) is 0 Å². The molecule has 0 aromatic heterocycles. The highest BCUT2D eigenvalue weighted by Crippen LogP contribution is 2.31. The molecule has 1 saturated heterocycles. The van der Waals surface area contributed by atoms with Crippen LogP contribution in [0.15, 0.2) is 53.5 Å². The van der Waals surface area contributed by atoms with Gasteiger partial charge in [-0.3, -0.25) is 14.7 Å². The molecule has 2 N–H and O–H groups in total. The van der Waals surface area contributed by atoms with E-state index in [1.165, 1.54) is 0 Å². The number of hydrogen-bond donors (Lipinski definition) is 2. The molecule has 1 atom stereocenters. The molecule has 4 rings (SSSR count). The number of amides is 1. The Hall–Kier alpha value is -2.70. The van der Waals surface area contributed by atoms with E-state index in [0.29, 0.717) is 0 Å². The van der Waals surface area contributed by atoms with Gasteiger partial charge in [-0.1, -0.05) is 18.2 Å². The van der Waals surface area contributed by atoms with E-state index in [4.69, 9.17) is 4.74 Å². The molecule has 0 radical (unpaired) electrons. The fourth-order valence-electron chi connectivity index (χ4n) is 3.39. The van der Waals surface area contributed by atoms with Crippen LogP contribution in [0.5, 0.6) is 0 Å². The third kappa shape index (κ3) is 4.35. The largest absolute Gasteiger partial charge is 0.384 e. The van der Waals surface area contributed by atoms with Crippen LogP contribution in [0.4, 0.5) is 17.1 Å². The van der Waals surface area contributed by atoms with Crippen LogP contribution in [-0.4, -0.2) is 56.4 Å². The summed E-state index contributed by atoms with van der Waals surface area (Å²) in [6, 6.07) is 15.7. The van der Waals surface area contributed by atoms with Gasteiger partial charge in [0.1, 0.15) is 5.92 Å². The van der Waals surface area contributed by atoms with Crippen LogP contribution in [0.25, 0.3) is 0 Å². The van der Waals surface area contributed by atoms with Crippen molar-refractivity contribution < 1.29 is 9.53 Å². The second-order valence-electron chi connectivity index (χ2n) is 6.76. The Bertz CT molecular complexity index is 813. The summed E-state index contributed by atoms with van der Waals surface area (Å²) in [5.41, 5.74) is 3.77. The minimum absolute atomic E-state index is 0.0265. The smallest absolute Gasteiger partial charge is 0.237 e. The average molecular weight is 364 g/mol. The predicted octanol–water partition coefficient (Wildman–Crippen LogP) is 2.87. The zero-order valence-electron chi connectivity index (χ0n) is 15.2. The molecule has 2 aromatic rings. The van der Waals surface area contributed by atoms with Gasteiger partial charge in [0.05, 0.1) is 18.9 Å². The summed E-state index contributed by atoms with van der Waals surface area (Å²) in [5, 5.41) is 6.33. The highest BCUT2D eigenvalue weighted by atomic mass is 16.5. The molecular formula is C21H24N4O2. The first-order chi connectivity index (χ1) is 13.3. The molecule has 2 aliphatic rings. The third-order valence-corrected chi connectivity index (χ3v) is 4.94. The quantitative estimate of drug-likeness (QED) is 0.774. The number of morpholine rings is 1. The topological polar surface area (TPSA) is 66.0 Å². The normalized spacial score (nSPS) is 19.9. The van der Waals surface area contributed by atoms with Crippen molar-refractivity contribution in [1.82, 2.24) is 4.90 Å².